The molecule has 3 fully saturated rings. The van der Waals surface area contributed by atoms with Gasteiger partial charge in [0.2, 0.25) is 0 Å². The van der Waals surface area contributed by atoms with Crippen LogP contribution in [-0.2, 0) is 4.74 Å². The van der Waals surface area contributed by atoms with Crippen molar-refractivity contribution in [3.63, 3.8) is 0 Å². The van der Waals surface area contributed by atoms with E-state index in [9.17, 15) is 4.79 Å². The molecule has 0 unspecified atom stereocenters. The molecular weight excluding hydrogens is 192 g/mol. The second kappa shape index (κ2) is 3.46. The van der Waals surface area contributed by atoms with Crippen molar-refractivity contribution in [2.24, 2.45) is 5.92 Å². The van der Waals surface area contributed by atoms with Crippen LogP contribution in [0.15, 0.2) is 0 Å². The average Bonchev–Trinajstić information content (AvgIpc) is 2.18. The fraction of sp³-hybridized carbons (Fsp3) is 0.909. The minimum absolute atomic E-state index is 0.111. The maximum Gasteiger partial charge on any atom is 0.536 e. The lowest BCUT2D eigenvalue weighted by Gasteiger charge is -2.45. The predicted molar refractivity (Wildman–Crippen MR) is 57.0 cm³/mol. The molecule has 3 aliphatic heterocycles. The van der Waals surface area contributed by atoms with E-state index in [2.05, 4.69) is 5.43 Å². The molecule has 2 bridgehead atoms. The molecule has 1 amide bonds. The molecule has 3 rings (SSSR count). The van der Waals surface area contributed by atoms with E-state index in [0.717, 1.165) is 38.4 Å². The van der Waals surface area contributed by atoms with E-state index in [0.29, 0.717) is 4.59 Å². The van der Waals surface area contributed by atoms with E-state index in [4.69, 9.17) is 4.74 Å². The fourth-order valence-electron chi connectivity index (χ4n) is 2.32. The number of carbonyl (C=O) groups excluding carboxylic acids is 1. The molecule has 0 aliphatic carbocycles. The van der Waals surface area contributed by atoms with E-state index in [-0.39, 0.29) is 11.7 Å². The van der Waals surface area contributed by atoms with Gasteiger partial charge < -0.3 is 4.74 Å². The summed E-state index contributed by atoms with van der Waals surface area (Å²) in [7, 11) is 0. The van der Waals surface area contributed by atoms with Gasteiger partial charge in [0.15, 0.2) is 0 Å². The van der Waals surface area contributed by atoms with Crippen molar-refractivity contribution in [1.29, 1.82) is 0 Å². The number of fused-ring (bicyclic) bond motifs is 3. The summed E-state index contributed by atoms with van der Waals surface area (Å²) in [5, 5.41) is 0. The quantitative estimate of drug-likeness (QED) is 0.622. The average molecular weight is 213 g/mol. The minimum atomic E-state index is -0.389. The van der Waals surface area contributed by atoms with Gasteiger partial charge in [0.05, 0.1) is 0 Å². The summed E-state index contributed by atoms with van der Waals surface area (Å²) >= 11 is 0. The number of rotatable bonds is 0. The van der Waals surface area contributed by atoms with Gasteiger partial charge in [-0.05, 0) is 26.7 Å². The Morgan fingerprint density at radius 2 is 1.93 bits per heavy atom. The van der Waals surface area contributed by atoms with Crippen molar-refractivity contribution < 1.29 is 14.1 Å². The number of nitrogens with zero attached hydrogens (tertiary/aromatic N) is 1. The molecule has 3 heterocycles. The van der Waals surface area contributed by atoms with Gasteiger partial charge in [0, 0.05) is 19.4 Å². The van der Waals surface area contributed by atoms with Crippen molar-refractivity contribution in [2.45, 2.75) is 39.2 Å². The van der Waals surface area contributed by atoms with Gasteiger partial charge in [-0.15, -0.1) is 4.59 Å². The summed E-state index contributed by atoms with van der Waals surface area (Å²) in [5.41, 5.74) is 2.93. The molecule has 3 saturated heterocycles. The Hall–Kier alpha value is -0.610. The zero-order chi connectivity index (χ0) is 11.1. The molecule has 0 saturated carbocycles. The predicted octanol–water partition coefficient (Wildman–Crippen LogP) is 1.67. The Balaban J connectivity index is 2.05. The molecule has 0 atom stereocenters. The van der Waals surface area contributed by atoms with Crippen LogP contribution < -0.4 is 5.43 Å². The molecule has 0 spiro atoms. The lowest BCUT2D eigenvalue weighted by atomic mass is 9.94. The molecule has 15 heavy (non-hydrogen) atoms. The standard InChI is InChI=1S/C11H21N2O2/c1-11(2,3)15-10(14)13-6-4-9(5-7-13)8-12-13/h9,12H,4-8H2,1-3H3/q+1. The summed E-state index contributed by atoms with van der Waals surface area (Å²) in [4.78, 5) is 12.1. The van der Waals surface area contributed by atoms with E-state index in [1.165, 1.54) is 0 Å². The van der Waals surface area contributed by atoms with Crippen LogP contribution >= 0.6 is 0 Å². The number of quaternary nitrogens is 1. The summed E-state index contributed by atoms with van der Waals surface area (Å²) in [6, 6.07) is 0. The van der Waals surface area contributed by atoms with Crippen molar-refractivity contribution >= 4 is 6.09 Å². The maximum absolute atomic E-state index is 12.1. The van der Waals surface area contributed by atoms with Gasteiger partial charge in [-0.25, -0.2) is 0 Å². The van der Waals surface area contributed by atoms with Crippen LogP contribution in [0.4, 0.5) is 4.79 Å². The highest BCUT2D eigenvalue weighted by Gasteiger charge is 2.48. The number of nitrogens with one attached hydrogen (secondary N) is 1. The van der Waals surface area contributed by atoms with Crippen LogP contribution in [0.2, 0.25) is 0 Å². The van der Waals surface area contributed by atoms with Crippen LogP contribution in [-0.4, -0.2) is 35.9 Å². The molecule has 1 N–H and O–H groups in total. The number of carbonyl (C=O) groups is 1. The van der Waals surface area contributed by atoms with Crippen LogP contribution in [0.5, 0.6) is 0 Å². The maximum atomic E-state index is 12.1. The Kier molecular flexibility index (Phi) is 2.51. The third-order valence-corrected chi connectivity index (χ3v) is 3.26. The van der Waals surface area contributed by atoms with E-state index in [1.54, 1.807) is 0 Å². The molecule has 86 valence electrons. The summed E-state index contributed by atoms with van der Waals surface area (Å²) < 4.78 is 5.81. The van der Waals surface area contributed by atoms with Gasteiger partial charge in [0.1, 0.15) is 18.7 Å². The highest BCUT2D eigenvalue weighted by Crippen LogP contribution is 2.28. The fourth-order valence-corrected chi connectivity index (χ4v) is 2.32. The summed E-state index contributed by atoms with van der Waals surface area (Å²) in [6.45, 7) is 8.48. The van der Waals surface area contributed by atoms with E-state index >= 15 is 0 Å². The zero-order valence-corrected chi connectivity index (χ0v) is 9.88. The Morgan fingerprint density at radius 1 is 1.33 bits per heavy atom. The first-order valence-corrected chi connectivity index (χ1v) is 5.77. The first kappa shape index (κ1) is 10.9. The van der Waals surface area contributed by atoms with Crippen LogP contribution in [0, 0.1) is 5.92 Å². The van der Waals surface area contributed by atoms with Gasteiger partial charge in [0.25, 0.3) is 0 Å². The molecule has 0 aromatic heterocycles. The van der Waals surface area contributed by atoms with Gasteiger partial charge in [-0.3, -0.25) is 0 Å². The highest BCUT2D eigenvalue weighted by atomic mass is 16.6. The molecule has 0 radical (unpaired) electrons. The zero-order valence-electron chi connectivity index (χ0n) is 9.88. The molecule has 3 aliphatic rings. The summed E-state index contributed by atoms with van der Waals surface area (Å²) in [6.07, 6.45) is 2.18. The van der Waals surface area contributed by atoms with E-state index in [1.807, 2.05) is 20.8 Å². The number of amides is 1. The smallest absolute Gasteiger partial charge is 0.413 e. The third kappa shape index (κ3) is 2.16. The van der Waals surface area contributed by atoms with Crippen molar-refractivity contribution in [2.75, 3.05) is 19.6 Å². The topological polar surface area (TPSA) is 38.3 Å². The lowest BCUT2D eigenvalue weighted by Crippen LogP contribution is -2.70. The van der Waals surface area contributed by atoms with Gasteiger partial charge in [-0.1, -0.05) is 0 Å². The number of hydrogen-bond acceptors (Lipinski definition) is 3. The normalized spacial score (nSPS) is 35.3. The van der Waals surface area contributed by atoms with Crippen LogP contribution in [0.1, 0.15) is 33.6 Å². The number of ether oxygens (including phenoxy) is 1. The molecular formula is C11H21N2O2+. The third-order valence-electron chi connectivity index (χ3n) is 3.26. The molecule has 4 heteroatoms. The second-order valence-corrected chi connectivity index (χ2v) is 5.70. The number of hydrogen-bond donors (Lipinski definition) is 1. The molecule has 4 nitrogen and oxygen atoms in total. The van der Waals surface area contributed by atoms with Gasteiger partial charge >= 0.3 is 6.09 Å². The highest BCUT2D eigenvalue weighted by molar-refractivity contribution is 5.60. The second-order valence-electron chi connectivity index (χ2n) is 5.70. The van der Waals surface area contributed by atoms with Crippen molar-refractivity contribution in [3.05, 3.63) is 0 Å². The minimum Gasteiger partial charge on any atom is -0.413 e. The largest absolute Gasteiger partial charge is 0.536 e. The van der Waals surface area contributed by atoms with Crippen molar-refractivity contribution in [3.8, 4) is 0 Å². The number of piperidine rings is 1. The molecule has 0 aromatic carbocycles. The first-order valence-electron chi connectivity index (χ1n) is 5.77. The monoisotopic (exact) mass is 213 g/mol. The Bertz CT molecular complexity index is 248. The van der Waals surface area contributed by atoms with Crippen LogP contribution in [0.25, 0.3) is 0 Å². The van der Waals surface area contributed by atoms with Crippen molar-refractivity contribution in [1.82, 2.24) is 5.43 Å². The Morgan fingerprint density at radius 3 is 2.33 bits per heavy atom. The summed E-state index contributed by atoms with van der Waals surface area (Å²) in [5.74, 6) is 0.771. The SMILES string of the molecule is CC(C)(C)OC(=O)[N+]12CCC(CC1)CN2. The van der Waals surface area contributed by atoms with E-state index < -0.39 is 0 Å². The first-order chi connectivity index (χ1) is 6.91. The lowest BCUT2D eigenvalue weighted by molar-refractivity contribution is -0.918. The van der Waals surface area contributed by atoms with Gasteiger partial charge in [-0.2, -0.15) is 10.2 Å². The molecule has 0 aromatic rings. The van der Waals surface area contributed by atoms with Crippen LogP contribution in [0.3, 0.4) is 0 Å². The Labute approximate surface area is 91.1 Å².